The summed E-state index contributed by atoms with van der Waals surface area (Å²) in [5.41, 5.74) is 0. The van der Waals surface area contributed by atoms with E-state index in [9.17, 15) is 8.42 Å². The molecule has 0 saturated carbocycles. The highest BCUT2D eigenvalue weighted by Crippen LogP contribution is 2.09. The molecule has 1 atom stereocenters. The lowest BCUT2D eigenvalue weighted by Gasteiger charge is -2.20. The molecule has 18 heavy (non-hydrogen) atoms. The van der Waals surface area contributed by atoms with E-state index in [1.807, 2.05) is 0 Å². The Balaban J connectivity index is 2.17. The molecule has 2 N–H and O–H groups in total. The second-order valence-electron chi connectivity index (χ2n) is 5.21. The molecule has 1 rings (SSSR count). The molecule has 0 aromatic carbocycles. The molecule has 0 spiro atoms. The number of aliphatic hydroxyl groups excluding tert-OH is 1. The predicted molar refractivity (Wildman–Crippen MR) is 72.9 cm³/mol. The summed E-state index contributed by atoms with van der Waals surface area (Å²) in [4.78, 5) is 2.39. The van der Waals surface area contributed by atoms with Crippen LogP contribution in [0.15, 0.2) is 0 Å². The Morgan fingerprint density at radius 1 is 1.28 bits per heavy atom. The first-order chi connectivity index (χ1) is 8.53. The number of aliphatic hydroxyl groups is 1. The molecule has 0 aliphatic carbocycles. The van der Waals surface area contributed by atoms with E-state index in [1.54, 1.807) is 0 Å². The number of nitrogens with zero attached hydrogens (tertiary/aromatic N) is 1. The van der Waals surface area contributed by atoms with Crippen LogP contribution in [0.25, 0.3) is 0 Å². The Morgan fingerprint density at radius 3 is 2.56 bits per heavy atom. The van der Waals surface area contributed by atoms with Crippen molar-refractivity contribution in [3.05, 3.63) is 0 Å². The van der Waals surface area contributed by atoms with Crippen LogP contribution in [0.2, 0.25) is 0 Å². The van der Waals surface area contributed by atoms with Gasteiger partial charge in [-0.05, 0) is 44.7 Å². The molecule has 5 nitrogen and oxygen atoms in total. The molecule has 1 heterocycles. The van der Waals surface area contributed by atoms with E-state index < -0.39 is 10.0 Å². The molecule has 6 heteroatoms. The molecule has 0 amide bonds. The number of rotatable bonds is 9. The standard InChI is InChI=1S/C12H26N2O3S/c1-12(11-14-6-2-3-7-14)10-13-18(16,17)9-5-4-8-15/h12-13,15H,2-11H2,1H3. The molecule has 0 aromatic rings. The van der Waals surface area contributed by atoms with Gasteiger partial charge in [-0.3, -0.25) is 0 Å². The first-order valence-corrected chi connectivity index (χ1v) is 8.49. The van der Waals surface area contributed by atoms with Gasteiger partial charge < -0.3 is 10.0 Å². The number of nitrogens with one attached hydrogen (secondary N) is 1. The molecule has 1 aliphatic heterocycles. The third-order valence-corrected chi connectivity index (χ3v) is 4.67. The van der Waals surface area contributed by atoms with Crippen LogP contribution < -0.4 is 4.72 Å². The molecule has 1 fully saturated rings. The summed E-state index contributed by atoms with van der Waals surface area (Å²) >= 11 is 0. The maximum Gasteiger partial charge on any atom is 0.211 e. The van der Waals surface area contributed by atoms with E-state index in [1.165, 1.54) is 12.8 Å². The molecular weight excluding hydrogens is 252 g/mol. The number of hydrogen-bond donors (Lipinski definition) is 2. The number of likely N-dealkylation sites (tertiary alicyclic amines) is 1. The van der Waals surface area contributed by atoms with E-state index in [0.29, 0.717) is 25.3 Å². The van der Waals surface area contributed by atoms with Gasteiger partial charge in [-0.15, -0.1) is 0 Å². The van der Waals surface area contributed by atoms with Gasteiger partial charge in [0.25, 0.3) is 0 Å². The highest BCUT2D eigenvalue weighted by atomic mass is 32.2. The Hall–Kier alpha value is -0.170. The van der Waals surface area contributed by atoms with Crippen molar-refractivity contribution in [1.29, 1.82) is 0 Å². The summed E-state index contributed by atoms with van der Waals surface area (Å²) in [5.74, 6) is 0.458. The van der Waals surface area contributed by atoms with Gasteiger partial charge in [0.15, 0.2) is 0 Å². The quantitative estimate of drug-likeness (QED) is 0.599. The summed E-state index contributed by atoms with van der Waals surface area (Å²) in [6.45, 7) is 5.91. The van der Waals surface area contributed by atoms with E-state index >= 15 is 0 Å². The van der Waals surface area contributed by atoms with Crippen molar-refractivity contribution in [2.45, 2.75) is 32.6 Å². The van der Waals surface area contributed by atoms with Crippen LogP contribution in [0.3, 0.4) is 0 Å². The molecule has 1 aliphatic rings. The summed E-state index contributed by atoms with van der Waals surface area (Å²) in [7, 11) is -3.16. The van der Waals surface area contributed by atoms with Gasteiger partial charge in [-0.25, -0.2) is 13.1 Å². The van der Waals surface area contributed by atoms with Crippen molar-refractivity contribution < 1.29 is 13.5 Å². The first-order valence-electron chi connectivity index (χ1n) is 6.84. The van der Waals surface area contributed by atoms with Crippen molar-refractivity contribution in [2.75, 3.05) is 38.5 Å². The van der Waals surface area contributed by atoms with Gasteiger partial charge in [0.05, 0.1) is 5.75 Å². The Labute approximate surface area is 111 Å². The minimum absolute atomic E-state index is 0.0564. The van der Waals surface area contributed by atoms with Crippen molar-refractivity contribution >= 4 is 10.0 Å². The predicted octanol–water partition coefficient (Wildman–Crippen LogP) is 0.410. The van der Waals surface area contributed by atoms with Crippen LogP contribution in [0, 0.1) is 5.92 Å². The first kappa shape index (κ1) is 15.9. The minimum Gasteiger partial charge on any atom is -0.396 e. The fourth-order valence-corrected chi connectivity index (χ4v) is 3.48. The minimum atomic E-state index is -3.16. The second kappa shape index (κ2) is 8.09. The Bertz CT molecular complexity index is 313. The fraction of sp³-hybridized carbons (Fsp3) is 1.00. The maximum absolute atomic E-state index is 11.6. The van der Waals surface area contributed by atoms with E-state index in [4.69, 9.17) is 5.11 Å². The van der Waals surface area contributed by atoms with Crippen molar-refractivity contribution in [2.24, 2.45) is 5.92 Å². The van der Waals surface area contributed by atoms with E-state index in [0.717, 1.165) is 19.6 Å². The maximum atomic E-state index is 11.6. The van der Waals surface area contributed by atoms with Crippen molar-refractivity contribution in [1.82, 2.24) is 9.62 Å². The average Bonchev–Trinajstić information content (AvgIpc) is 2.80. The smallest absolute Gasteiger partial charge is 0.211 e. The molecular formula is C12H26N2O3S. The molecule has 0 bridgehead atoms. The van der Waals surface area contributed by atoms with Gasteiger partial charge in [-0.2, -0.15) is 0 Å². The average molecular weight is 278 g/mol. The number of unbranched alkanes of at least 4 members (excludes halogenated alkanes) is 1. The molecule has 1 saturated heterocycles. The number of hydrogen-bond acceptors (Lipinski definition) is 4. The molecule has 108 valence electrons. The summed E-state index contributed by atoms with van der Waals surface area (Å²) in [6, 6.07) is 0. The van der Waals surface area contributed by atoms with Gasteiger partial charge in [-0.1, -0.05) is 6.92 Å². The Morgan fingerprint density at radius 2 is 1.94 bits per heavy atom. The normalized spacial score (nSPS) is 19.2. The third kappa shape index (κ3) is 6.68. The Kier molecular flexibility index (Phi) is 7.14. The van der Waals surface area contributed by atoms with Crippen molar-refractivity contribution in [3.8, 4) is 0 Å². The van der Waals surface area contributed by atoms with Crippen LogP contribution >= 0.6 is 0 Å². The zero-order chi connectivity index (χ0) is 13.4. The summed E-state index contributed by atoms with van der Waals surface area (Å²) in [6.07, 6.45) is 3.59. The number of sulfonamides is 1. The van der Waals surface area contributed by atoms with Gasteiger partial charge in [0.1, 0.15) is 0 Å². The zero-order valence-electron chi connectivity index (χ0n) is 11.3. The van der Waals surface area contributed by atoms with Crippen LogP contribution in [-0.2, 0) is 10.0 Å². The van der Waals surface area contributed by atoms with Gasteiger partial charge in [0, 0.05) is 19.7 Å². The molecule has 0 radical (unpaired) electrons. The second-order valence-corrected chi connectivity index (χ2v) is 7.14. The summed E-state index contributed by atoms with van der Waals surface area (Å²) < 4.78 is 25.9. The highest BCUT2D eigenvalue weighted by molar-refractivity contribution is 7.89. The van der Waals surface area contributed by atoms with Crippen LogP contribution in [-0.4, -0.2) is 57.0 Å². The SMILES string of the molecule is CC(CNS(=O)(=O)CCCCO)CN1CCCC1. The third-order valence-electron chi connectivity index (χ3n) is 3.24. The van der Waals surface area contributed by atoms with Crippen LogP contribution in [0.4, 0.5) is 0 Å². The van der Waals surface area contributed by atoms with E-state index in [-0.39, 0.29) is 12.4 Å². The monoisotopic (exact) mass is 278 g/mol. The topological polar surface area (TPSA) is 69.6 Å². The van der Waals surface area contributed by atoms with Gasteiger partial charge >= 0.3 is 0 Å². The zero-order valence-corrected chi connectivity index (χ0v) is 12.1. The fourth-order valence-electron chi connectivity index (χ4n) is 2.22. The van der Waals surface area contributed by atoms with Gasteiger partial charge in [0.2, 0.25) is 10.0 Å². The van der Waals surface area contributed by atoms with Crippen LogP contribution in [0.5, 0.6) is 0 Å². The highest BCUT2D eigenvalue weighted by Gasteiger charge is 2.16. The lowest BCUT2D eigenvalue weighted by atomic mass is 10.2. The van der Waals surface area contributed by atoms with Crippen molar-refractivity contribution in [3.63, 3.8) is 0 Å². The lowest BCUT2D eigenvalue weighted by molar-refractivity contribution is 0.286. The molecule has 1 unspecified atom stereocenters. The van der Waals surface area contributed by atoms with E-state index in [2.05, 4.69) is 16.5 Å². The summed E-state index contributed by atoms with van der Waals surface area (Å²) in [5, 5.41) is 8.62. The lowest BCUT2D eigenvalue weighted by Crippen LogP contribution is -2.35. The van der Waals surface area contributed by atoms with Crippen LogP contribution in [0.1, 0.15) is 32.6 Å². The molecule has 0 aromatic heterocycles. The largest absolute Gasteiger partial charge is 0.396 e.